The van der Waals surface area contributed by atoms with Crippen molar-refractivity contribution in [3.8, 4) is 0 Å². The average molecular weight is 345 g/mol. The number of aromatic nitrogens is 1. The molecule has 0 saturated heterocycles. The van der Waals surface area contributed by atoms with E-state index in [0.717, 1.165) is 23.2 Å². The fourth-order valence-electron chi connectivity index (χ4n) is 1.78. The lowest BCUT2D eigenvalue weighted by Crippen LogP contribution is -2.40. The van der Waals surface area contributed by atoms with E-state index < -0.39 is 10.8 Å². The molecule has 0 aliphatic carbocycles. The van der Waals surface area contributed by atoms with E-state index in [2.05, 4.69) is 20.6 Å². The first-order valence-electron chi connectivity index (χ1n) is 7.57. The monoisotopic (exact) mass is 344 g/mol. The maximum absolute atomic E-state index is 12.0. The van der Waals surface area contributed by atoms with E-state index in [0.29, 0.717) is 18.8 Å². The van der Waals surface area contributed by atoms with Crippen LogP contribution in [-0.4, -0.2) is 38.7 Å². The van der Waals surface area contributed by atoms with Crippen molar-refractivity contribution in [1.29, 1.82) is 0 Å². The number of nitrogens with zero attached hydrogens (tertiary/aromatic N) is 2. The second-order valence-electron chi connectivity index (χ2n) is 6.03. The van der Waals surface area contributed by atoms with Gasteiger partial charge in [-0.25, -0.2) is 9.98 Å². The summed E-state index contributed by atoms with van der Waals surface area (Å²) in [5.74, 6) is 1.38. The van der Waals surface area contributed by atoms with Crippen molar-refractivity contribution < 1.29 is 4.21 Å². The van der Waals surface area contributed by atoms with Crippen LogP contribution in [0.3, 0.4) is 0 Å². The summed E-state index contributed by atoms with van der Waals surface area (Å²) in [4.78, 5) is 10.2. The number of guanidine groups is 1. The zero-order valence-electron chi connectivity index (χ0n) is 14.4. The molecule has 0 bridgehead atoms. The lowest BCUT2D eigenvalue weighted by atomic mass is 10.3. The standard InChI is InChI=1S/C15H28N4OS2/c1-7-16-14(17-8-9-22(20)15(4,5)6)18-10-13-11(2)19-12(3)21-13/h7-10H2,1-6H3,(H2,16,17,18). The van der Waals surface area contributed by atoms with Crippen molar-refractivity contribution in [3.05, 3.63) is 15.6 Å². The molecular formula is C15H28N4OS2. The van der Waals surface area contributed by atoms with Gasteiger partial charge in [0.2, 0.25) is 0 Å². The summed E-state index contributed by atoms with van der Waals surface area (Å²) >= 11 is 1.68. The molecule has 1 unspecified atom stereocenters. The second kappa shape index (κ2) is 8.62. The summed E-state index contributed by atoms with van der Waals surface area (Å²) < 4.78 is 11.9. The van der Waals surface area contributed by atoms with Gasteiger partial charge in [0.1, 0.15) is 0 Å². The van der Waals surface area contributed by atoms with Crippen LogP contribution in [0.5, 0.6) is 0 Å². The van der Waals surface area contributed by atoms with E-state index in [9.17, 15) is 4.21 Å². The van der Waals surface area contributed by atoms with Gasteiger partial charge in [0.15, 0.2) is 5.96 Å². The largest absolute Gasteiger partial charge is 0.357 e. The summed E-state index contributed by atoms with van der Waals surface area (Å²) in [7, 11) is -0.851. The molecule has 22 heavy (non-hydrogen) atoms. The van der Waals surface area contributed by atoms with Crippen molar-refractivity contribution in [3.63, 3.8) is 0 Å². The maximum Gasteiger partial charge on any atom is 0.191 e. The number of thiazole rings is 1. The smallest absolute Gasteiger partial charge is 0.191 e. The number of aryl methyl sites for hydroxylation is 2. The first-order chi connectivity index (χ1) is 10.2. The predicted octanol–water partition coefficient (Wildman–Crippen LogP) is 2.36. The SMILES string of the molecule is CCNC(=NCc1sc(C)nc1C)NCCS(=O)C(C)(C)C. The van der Waals surface area contributed by atoms with Crippen molar-refractivity contribution in [2.45, 2.75) is 52.8 Å². The molecule has 0 amide bonds. The van der Waals surface area contributed by atoms with Crippen molar-refractivity contribution in [2.24, 2.45) is 4.99 Å². The summed E-state index contributed by atoms with van der Waals surface area (Å²) in [5.41, 5.74) is 1.05. The Hall–Kier alpha value is -0.950. The number of hydrogen-bond donors (Lipinski definition) is 2. The Kier molecular flexibility index (Phi) is 7.48. The zero-order chi connectivity index (χ0) is 16.8. The third-order valence-electron chi connectivity index (χ3n) is 2.99. The van der Waals surface area contributed by atoms with E-state index in [1.807, 2.05) is 41.5 Å². The van der Waals surface area contributed by atoms with E-state index in [4.69, 9.17) is 0 Å². The van der Waals surface area contributed by atoms with Gasteiger partial charge in [0.25, 0.3) is 0 Å². The Balaban J connectivity index is 2.56. The van der Waals surface area contributed by atoms with Crippen LogP contribution in [0.2, 0.25) is 0 Å². The highest BCUT2D eigenvalue weighted by atomic mass is 32.2. The van der Waals surface area contributed by atoms with E-state index >= 15 is 0 Å². The Labute approximate surface area is 140 Å². The van der Waals surface area contributed by atoms with E-state index in [1.54, 1.807) is 11.3 Å². The number of rotatable bonds is 6. The molecule has 1 heterocycles. The molecule has 5 nitrogen and oxygen atoms in total. The minimum Gasteiger partial charge on any atom is -0.357 e. The minimum absolute atomic E-state index is 0.172. The normalized spacial score (nSPS) is 14.0. The number of hydrogen-bond acceptors (Lipinski definition) is 4. The Bertz CT molecular complexity index is 532. The Morgan fingerprint density at radius 1 is 1.32 bits per heavy atom. The molecule has 0 aromatic carbocycles. The lowest BCUT2D eigenvalue weighted by Gasteiger charge is -2.18. The summed E-state index contributed by atoms with van der Waals surface area (Å²) in [6, 6.07) is 0. The highest BCUT2D eigenvalue weighted by molar-refractivity contribution is 7.86. The Morgan fingerprint density at radius 3 is 2.50 bits per heavy atom. The molecule has 0 fully saturated rings. The van der Waals surface area contributed by atoms with Crippen LogP contribution in [0.15, 0.2) is 4.99 Å². The molecule has 0 radical (unpaired) electrons. The predicted molar refractivity (Wildman–Crippen MR) is 97.2 cm³/mol. The molecule has 0 saturated carbocycles. The van der Waals surface area contributed by atoms with Gasteiger partial charge in [0, 0.05) is 39.3 Å². The highest BCUT2D eigenvalue weighted by Crippen LogP contribution is 2.17. The zero-order valence-corrected chi connectivity index (χ0v) is 16.1. The molecule has 7 heteroatoms. The van der Waals surface area contributed by atoms with Crippen LogP contribution in [0.1, 0.15) is 43.3 Å². The maximum atomic E-state index is 12.0. The quantitative estimate of drug-likeness (QED) is 0.614. The van der Waals surface area contributed by atoms with E-state index in [1.165, 1.54) is 4.88 Å². The summed E-state index contributed by atoms with van der Waals surface area (Å²) in [6.07, 6.45) is 0. The van der Waals surface area contributed by atoms with Gasteiger partial charge < -0.3 is 10.6 Å². The van der Waals surface area contributed by atoms with Gasteiger partial charge in [-0.15, -0.1) is 11.3 Å². The van der Waals surface area contributed by atoms with Gasteiger partial charge in [-0.1, -0.05) is 0 Å². The topological polar surface area (TPSA) is 66.4 Å². The number of aliphatic imine (C=N–C) groups is 1. The van der Waals surface area contributed by atoms with Crippen molar-refractivity contribution in [2.75, 3.05) is 18.8 Å². The molecule has 0 aliphatic heterocycles. The van der Waals surface area contributed by atoms with Gasteiger partial charge in [0.05, 0.1) is 17.2 Å². The lowest BCUT2D eigenvalue weighted by molar-refractivity contribution is 0.647. The van der Waals surface area contributed by atoms with Crippen molar-refractivity contribution in [1.82, 2.24) is 15.6 Å². The van der Waals surface area contributed by atoms with Crippen LogP contribution in [0, 0.1) is 13.8 Å². The van der Waals surface area contributed by atoms with Crippen LogP contribution in [-0.2, 0) is 17.3 Å². The van der Waals surface area contributed by atoms with Gasteiger partial charge in [-0.2, -0.15) is 0 Å². The molecule has 1 rings (SSSR count). The molecule has 1 atom stereocenters. The Morgan fingerprint density at radius 2 is 2.00 bits per heavy atom. The third kappa shape index (κ3) is 6.44. The first-order valence-corrected chi connectivity index (χ1v) is 9.71. The van der Waals surface area contributed by atoms with Crippen LogP contribution >= 0.6 is 11.3 Å². The molecule has 126 valence electrons. The third-order valence-corrected chi connectivity index (χ3v) is 5.99. The summed E-state index contributed by atoms with van der Waals surface area (Å²) in [5, 5.41) is 7.54. The molecule has 0 spiro atoms. The number of nitrogens with one attached hydrogen (secondary N) is 2. The van der Waals surface area contributed by atoms with Crippen LogP contribution in [0.25, 0.3) is 0 Å². The molecular weight excluding hydrogens is 316 g/mol. The van der Waals surface area contributed by atoms with Gasteiger partial charge >= 0.3 is 0 Å². The highest BCUT2D eigenvalue weighted by Gasteiger charge is 2.18. The van der Waals surface area contributed by atoms with E-state index in [-0.39, 0.29) is 4.75 Å². The molecule has 1 aromatic rings. The van der Waals surface area contributed by atoms with Gasteiger partial charge in [-0.3, -0.25) is 4.21 Å². The molecule has 1 aromatic heterocycles. The second-order valence-corrected chi connectivity index (χ2v) is 9.64. The van der Waals surface area contributed by atoms with Gasteiger partial charge in [-0.05, 0) is 41.5 Å². The fraction of sp³-hybridized carbons (Fsp3) is 0.733. The minimum atomic E-state index is -0.851. The van der Waals surface area contributed by atoms with Crippen LogP contribution in [0.4, 0.5) is 0 Å². The first kappa shape index (κ1) is 19.1. The van der Waals surface area contributed by atoms with Crippen LogP contribution < -0.4 is 10.6 Å². The average Bonchev–Trinajstić information content (AvgIpc) is 2.73. The molecule has 2 N–H and O–H groups in total. The summed E-state index contributed by atoms with van der Waals surface area (Å²) in [6.45, 7) is 14.1. The van der Waals surface area contributed by atoms with Crippen molar-refractivity contribution >= 4 is 28.1 Å². The fourth-order valence-corrected chi connectivity index (χ4v) is 3.54. The molecule has 0 aliphatic rings.